The highest BCUT2D eigenvalue weighted by Crippen LogP contribution is 2.28. The van der Waals surface area contributed by atoms with Gasteiger partial charge in [0.15, 0.2) is 0 Å². The second-order valence-corrected chi connectivity index (χ2v) is 4.88. The highest BCUT2D eigenvalue weighted by molar-refractivity contribution is 9.10. The van der Waals surface area contributed by atoms with Crippen LogP contribution in [0.25, 0.3) is 0 Å². The van der Waals surface area contributed by atoms with E-state index in [0.717, 1.165) is 16.8 Å². The Morgan fingerprint density at radius 3 is 2.56 bits per heavy atom. The molecule has 90 valence electrons. The summed E-state index contributed by atoms with van der Waals surface area (Å²) < 4.78 is 0.776. The van der Waals surface area contributed by atoms with Crippen LogP contribution in [0.4, 0.5) is 11.6 Å². The van der Waals surface area contributed by atoms with Crippen LogP contribution in [-0.2, 0) is 0 Å². The molecule has 6 heteroatoms. The summed E-state index contributed by atoms with van der Waals surface area (Å²) in [7, 11) is 0. The van der Waals surface area contributed by atoms with Crippen LogP contribution >= 0.6 is 15.9 Å². The molecule has 0 aliphatic heterocycles. The number of aromatic nitrogens is 2. The molecule has 0 saturated heterocycles. The molecule has 1 aromatic rings. The zero-order chi connectivity index (χ0) is 12.2. The van der Waals surface area contributed by atoms with Crippen LogP contribution in [0.3, 0.4) is 0 Å². The first kappa shape index (κ1) is 13.2. The Labute approximate surface area is 104 Å². The summed E-state index contributed by atoms with van der Waals surface area (Å²) in [5.41, 5.74) is -0.416. The second kappa shape index (κ2) is 5.45. The van der Waals surface area contributed by atoms with Crippen molar-refractivity contribution in [2.75, 3.05) is 23.8 Å². The van der Waals surface area contributed by atoms with Crippen LogP contribution < -0.4 is 10.6 Å². The number of aliphatic hydroxyl groups excluding tert-OH is 1. The maximum absolute atomic E-state index is 9.18. The van der Waals surface area contributed by atoms with Gasteiger partial charge in [-0.25, -0.2) is 9.97 Å². The molecule has 0 unspecified atom stereocenters. The highest BCUT2D eigenvalue weighted by Gasteiger charge is 2.19. The van der Waals surface area contributed by atoms with Crippen molar-refractivity contribution in [3.8, 4) is 0 Å². The molecule has 0 aliphatic carbocycles. The minimum absolute atomic E-state index is 0.0278. The van der Waals surface area contributed by atoms with Crippen LogP contribution in [0, 0.1) is 0 Å². The molecule has 0 amide bonds. The number of halogens is 1. The molecule has 0 atom stereocenters. The van der Waals surface area contributed by atoms with Gasteiger partial charge in [0.05, 0.1) is 12.1 Å². The lowest BCUT2D eigenvalue weighted by atomic mass is 10.1. The molecule has 0 aliphatic rings. The Hall–Kier alpha value is -0.880. The number of nitrogens with one attached hydrogen (secondary N) is 2. The van der Waals surface area contributed by atoms with Crippen molar-refractivity contribution in [1.29, 1.82) is 0 Å². The molecule has 3 N–H and O–H groups in total. The molecule has 1 aromatic heterocycles. The van der Waals surface area contributed by atoms with E-state index in [4.69, 9.17) is 0 Å². The summed E-state index contributed by atoms with van der Waals surface area (Å²) in [5, 5.41) is 15.4. The minimum atomic E-state index is -0.416. The highest BCUT2D eigenvalue weighted by atomic mass is 79.9. The topological polar surface area (TPSA) is 70.1 Å². The first-order valence-corrected chi connectivity index (χ1v) is 5.93. The molecule has 0 fully saturated rings. The van der Waals surface area contributed by atoms with Crippen molar-refractivity contribution in [3.63, 3.8) is 0 Å². The maximum Gasteiger partial charge on any atom is 0.146 e. The number of rotatable bonds is 5. The van der Waals surface area contributed by atoms with Crippen molar-refractivity contribution in [2.24, 2.45) is 0 Å². The molecular weight excluding hydrogens is 272 g/mol. The Morgan fingerprint density at radius 1 is 1.38 bits per heavy atom. The quantitative estimate of drug-likeness (QED) is 0.772. The lowest BCUT2D eigenvalue weighted by Crippen LogP contribution is -2.35. The van der Waals surface area contributed by atoms with Crippen molar-refractivity contribution in [1.82, 2.24) is 9.97 Å². The van der Waals surface area contributed by atoms with E-state index >= 15 is 0 Å². The Kier molecular flexibility index (Phi) is 4.49. The molecule has 0 bridgehead atoms. The van der Waals surface area contributed by atoms with E-state index in [1.807, 2.05) is 20.8 Å². The van der Waals surface area contributed by atoms with E-state index in [1.54, 1.807) is 0 Å². The fraction of sp³-hybridized carbons (Fsp3) is 0.600. The zero-order valence-corrected chi connectivity index (χ0v) is 11.3. The molecule has 16 heavy (non-hydrogen) atoms. The fourth-order valence-electron chi connectivity index (χ4n) is 1.11. The van der Waals surface area contributed by atoms with Crippen LogP contribution in [0.1, 0.15) is 20.8 Å². The number of hydrogen-bond donors (Lipinski definition) is 3. The number of anilines is 2. The second-order valence-electron chi connectivity index (χ2n) is 4.08. The summed E-state index contributed by atoms with van der Waals surface area (Å²) in [6.45, 7) is 6.61. The Balaban J connectivity index is 2.93. The van der Waals surface area contributed by atoms with Crippen LogP contribution in [0.2, 0.25) is 0 Å². The largest absolute Gasteiger partial charge is 0.394 e. The van der Waals surface area contributed by atoms with Gasteiger partial charge in [0, 0.05) is 6.54 Å². The molecule has 0 radical (unpaired) electrons. The van der Waals surface area contributed by atoms with Crippen molar-refractivity contribution in [3.05, 3.63) is 10.8 Å². The van der Waals surface area contributed by atoms with Gasteiger partial charge < -0.3 is 15.7 Å². The summed E-state index contributed by atoms with van der Waals surface area (Å²) in [5.74, 6) is 1.42. The van der Waals surface area contributed by atoms with Crippen LogP contribution in [0.5, 0.6) is 0 Å². The summed E-state index contributed by atoms with van der Waals surface area (Å²) in [6.07, 6.45) is 1.48. The lowest BCUT2D eigenvalue weighted by Gasteiger charge is -2.25. The standard InChI is InChI=1S/C10H17BrN4O/c1-4-12-8-7(11)9(14-6-13-8)15-10(2,3)5-16/h6,16H,4-5H2,1-3H3,(H2,12,13,14,15). The molecule has 1 rings (SSSR count). The normalized spacial score (nSPS) is 11.3. The van der Waals surface area contributed by atoms with E-state index in [1.165, 1.54) is 6.33 Å². The lowest BCUT2D eigenvalue weighted by molar-refractivity contribution is 0.234. The SMILES string of the molecule is CCNc1ncnc(NC(C)(C)CO)c1Br. The Bertz CT molecular complexity index is 357. The third-order valence-electron chi connectivity index (χ3n) is 1.99. The van der Waals surface area contributed by atoms with E-state index in [-0.39, 0.29) is 6.61 Å². The molecule has 1 heterocycles. The average molecular weight is 289 g/mol. The molecule has 0 saturated carbocycles. The number of hydrogen-bond acceptors (Lipinski definition) is 5. The molecule has 0 aromatic carbocycles. The summed E-state index contributed by atoms with van der Waals surface area (Å²) in [4.78, 5) is 8.25. The van der Waals surface area contributed by atoms with E-state index in [9.17, 15) is 5.11 Å². The van der Waals surface area contributed by atoms with Crippen molar-refractivity contribution >= 4 is 27.6 Å². The summed E-state index contributed by atoms with van der Waals surface area (Å²) >= 11 is 3.43. The van der Waals surface area contributed by atoms with Gasteiger partial charge in [-0.1, -0.05) is 0 Å². The van der Waals surface area contributed by atoms with Crippen molar-refractivity contribution in [2.45, 2.75) is 26.3 Å². The van der Waals surface area contributed by atoms with Gasteiger partial charge in [-0.2, -0.15) is 0 Å². The van der Waals surface area contributed by atoms with E-state index in [0.29, 0.717) is 5.82 Å². The first-order chi connectivity index (χ1) is 7.50. The Morgan fingerprint density at radius 2 is 2.00 bits per heavy atom. The molecule has 0 spiro atoms. The average Bonchev–Trinajstić information content (AvgIpc) is 2.24. The summed E-state index contributed by atoms with van der Waals surface area (Å²) in [6, 6.07) is 0. The van der Waals surface area contributed by atoms with Gasteiger partial charge in [0.2, 0.25) is 0 Å². The van der Waals surface area contributed by atoms with Gasteiger partial charge in [-0.05, 0) is 36.7 Å². The number of aliphatic hydroxyl groups is 1. The van der Waals surface area contributed by atoms with E-state index < -0.39 is 5.54 Å². The van der Waals surface area contributed by atoms with Crippen LogP contribution in [0.15, 0.2) is 10.8 Å². The maximum atomic E-state index is 9.18. The monoisotopic (exact) mass is 288 g/mol. The smallest absolute Gasteiger partial charge is 0.146 e. The first-order valence-electron chi connectivity index (χ1n) is 5.13. The minimum Gasteiger partial charge on any atom is -0.394 e. The van der Waals surface area contributed by atoms with Gasteiger partial charge >= 0.3 is 0 Å². The van der Waals surface area contributed by atoms with Gasteiger partial charge in [0.25, 0.3) is 0 Å². The van der Waals surface area contributed by atoms with Gasteiger partial charge in [0.1, 0.15) is 22.4 Å². The predicted molar refractivity (Wildman–Crippen MR) is 68.7 cm³/mol. The zero-order valence-electron chi connectivity index (χ0n) is 9.71. The third kappa shape index (κ3) is 3.31. The fourth-order valence-corrected chi connectivity index (χ4v) is 1.55. The predicted octanol–water partition coefficient (Wildman–Crippen LogP) is 1.85. The van der Waals surface area contributed by atoms with E-state index in [2.05, 4.69) is 36.5 Å². The van der Waals surface area contributed by atoms with Gasteiger partial charge in [-0.15, -0.1) is 0 Å². The number of nitrogens with zero attached hydrogens (tertiary/aromatic N) is 2. The van der Waals surface area contributed by atoms with Gasteiger partial charge in [-0.3, -0.25) is 0 Å². The van der Waals surface area contributed by atoms with Crippen molar-refractivity contribution < 1.29 is 5.11 Å². The molecular formula is C10H17BrN4O. The molecule has 5 nitrogen and oxygen atoms in total. The van der Waals surface area contributed by atoms with Crippen LogP contribution in [-0.4, -0.2) is 33.8 Å². The third-order valence-corrected chi connectivity index (χ3v) is 2.74.